The lowest BCUT2D eigenvalue weighted by Gasteiger charge is -2.35. The SMILES string of the molecule is CNCCCC[C@@H](NC(=O)[C@@H](CO)NC)C(=O)N[C@@H](Cc1c[nH]c2ccccc12)C(=O)N1CCC(c2ccccc2)CC1. The van der Waals surface area contributed by atoms with Crippen LogP contribution in [0, 0.1) is 0 Å². The van der Waals surface area contributed by atoms with Crippen molar-refractivity contribution in [3.8, 4) is 0 Å². The van der Waals surface area contributed by atoms with Crippen LogP contribution < -0.4 is 21.3 Å². The molecule has 10 heteroatoms. The van der Waals surface area contributed by atoms with Crippen LogP contribution in [0.4, 0.5) is 0 Å². The fourth-order valence-corrected chi connectivity index (χ4v) is 5.87. The number of carbonyl (C=O) groups is 3. The Hall–Kier alpha value is -3.73. The molecule has 2 aromatic carbocycles. The number of aromatic nitrogens is 1. The van der Waals surface area contributed by atoms with E-state index < -0.39 is 36.5 Å². The van der Waals surface area contributed by atoms with Gasteiger partial charge >= 0.3 is 0 Å². The van der Waals surface area contributed by atoms with Crippen LogP contribution in [0.5, 0.6) is 0 Å². The molecule has 0 spiro atoms. The van der Waals surface area contributed by atoms with E-state index in [-0.39, 0.29) is 5.91 Å². The minimum atomic E-state index is -0.839. The Morgan fingerprint density at radius 1 is 0.907 bits per heavy atom. The Balaban J connectivity index is 1.52. The van der Waals surface area contributed by atoms with Crippen LogP contribution in [0.3, 0.4) is 0 Å². The predicted molar refractivity (Wildman–Crippen MR) is 169 cm³/mol. The van der Waals surface area contributed by atoms with Crippen LogP contribution in [0.1, 0.15) is 49.1 Å². The van der Waals surface area contributed by atoms with Gasteiger partial charge in [0.05, 0.1) is 6.61 Å². The van der Waals surface area contributed by atoms with E-state index in [0.717, 1.165) is 42.3 Å². The van der Waals surface area contributed by atoms with Crippen molar-refractivity contribution < 1.29 is 19.5 Å². The number of aliphatic hydroxyl groups is 1. The van der Waals surface area contributed by atoms with E-state index in [0.29, 0.717) is 38.3 Å². The summed E-state index contributed by atoms with van der Waals surface area (Å²) >= 11 is 0. The van der Waals surface area contributed by atoms with E-state index in [9.17, 15) is 19.5 Å². The first-order chi connectivity index (χ1) is 20.9. The van der Waals surface area contributed by atoms with Crippen LogP contribution in [0.25, 0.3) is 10.9 Å². The number of fused-ring (bicyclic) bond motifs is 1. The summed E-state index contributed by atoms with van der Waals surface area (Å²) in [5.74, 6) is -0.575. The topological polar surface area (TPSA) is 139 Å². The molecule has 10 nitrogen and oxygen atoms in total. The van der Waals surface area contributed by atoms with E-state index in [1.807, 2.05) is 60.6 Å². The lowest BCUT2D eigenvalue weighted by atomic mass is 9.89. The fraction of sp³-hybridized carbons (Fsp3) is 0.485. The number of unbranched alkanes of at least 4 members (excludes halogenated alkanes) is 1. The standard InChI is InChI=1S/C33H46N6O4/c1-34-17-9-8-14-28(37-32(42)30(22-40)35-2)31(41)38-29(20-25-21-36-27-13-7-6-12-26(25)27)33(43)39-18-15-24(16-19-39)23-10-4-3-5-11-23/h3-7,10-13,21,24,28-30,34-36,40H,8-9,14-20,22H2,1-2H3,(H,37,42)(H,38,41)/t28-,29+,30-/m1/s1. The van der Waals surface area contributed by atoms with Gasteiger partial charge in [-0.25, -0.2) is 0 Å². The summed E-state index contributed by atoms with van der Waals surface area (Å²) in [5, 5.41) is 22.3. The summed E-state index contributed by atoms with van der Waals surface area (Å²) in [4.78, 5) is 45.8. The molecule has 1 aliphatic heterocycles. The summed E-state index contributed by atoms with van der Waals surface area (Å²) in [5.41, 5.74) is 3.20. The quantitative estimate of drug-likeness (QED) is 0.150. The van der Waals surface area contributed by atoms with Gasteiger partial charge in [-0.1, -0.05) is 48.5 Å². The summed E-state index contributed by atoms with van der Waals surface area (Å²) < 4.78 is 0. The Kier molecular flexibility index (Phi) is 12.1. The van der Waals surface area contributed by atoms with Crippen LogP contribution in [0.15, 0.2) is 60.8 Å². The molecule has 1 aromatic heterocycles. The Labute approximate surface area is 254 Å². The maximum atomic E-state index is 14.0. The second-order valence-corrected chi connectivity index (χ2v) is 11.3. The van der Waals surface area contributed by atoms with Crippen LogP contribution in [-0.4, -0.2) is 91.2 Å². The van der Waals surface area contributed by atoms with E-state index in [1.165, 1.54) is 5.56 Å². The lowest BCUT2D eigenvalue weighted by molar-refractivity contribution is -0.138. The van der Waals surface area contributed by atoms with Gasteiger partial charge in [0.25, 0.3) is 0 Å². The normalized spacial score (nSPS) is 16.0. The molecule has 6 N–H and O–H groups in total. The van der Waals surface area contributed by atoms with E-state index in [2.05, 4.69) is 38.4 Å². The highest BCUT2D eigenvalue weighted by Gasteiger charge is 2.33. The van der Waals surface area contributed by atoms with E-state index in [4.69, 9.17) is 0 Å². The highest BCUT2D eigenvalue weighted by molar-refractivity contribution is 5.94. The molecular formula is C33H46N6O4. The third-order valence-electron chi connectivity index (χ3n) is 8.44. The second-order valence-electron chi connectivity index (χ2n) is 11.3. The molecule has 1 fully saturated rings. The molecule has 2 heterocycles. The number of piperidine rings is 1. The fourth-order valence-electron chi connectivity index (χ4n) is 5.87. The number of carbonyl (C=O) groups excluding carboxylic acids is 3. The Morgan fingerprint density at radius 3 is 2.28 bits per heavy atom. The molecule has 3 aromatic rings. The van der Waals surface area contributed by atoms with Crippen molar-refractivity contribution in [3.05, 3.63) is 71.9 Å². The number of nitrogens with one attached hydrogen (secondary N) is 5. The van der Waals surface area contributed by atoms with Gasteiger partial charge in [-0.05, 0) is 75.9 Å². The average molecular weight is 591 g/mol. The van der Waals surface area contributed by atoms with Crippen molar-refractivity contribution in [2.24, 2.45) is 0 Å². The molecule has 0 radical (unpaired) electrons. The minimum Gasteiger partial charge on any atom is -0.394 e. The smallest absolute Gasteiger partial charge is 0.245 e. The number of likely N-dealkylation sites (tertiary alicyclic amines) is 1. The molecule has 0 aliphatic carbocycles. The number of H-pyrrole nitrogens is 1. The highest BCUT2D eigenvalue weighted by atomic mass is 16.3. The Morgan fingerprint density at radius 2 is 1.58 bits per heavy atom. The maximum Gasteiger partial charge on any atom is 0.245 e. The van der Waals surface area contributed by atoms with Crippen molar-refractivity contribution >= 4 is 28.6 Å². The van der Waals surface area contributed by atoms with Crippen LogP contribution in [0.2, 0.25) is 0 Å². The number of nitrogens with zero attached hydrogens (tertiary/aromatic N) is 1. The van der Waals surface area contributed by atoms with Crippen molar-refractivity contribution in [2.75, 3.05) is 40.3 Å². The third-order valence-corrected chi connectivity index (χ3v) is 8.44. The lowest BCUT2D eigenvalue weighted by Crippen LogP contribution is -2.57. The molecule has 3 amide bonds. The number of hydrogen-bond donors (Lipinski definition) is 6. The number of likely N-dealkylation sites (N-methyl/N-ethyl adjacent to an activating group) is 1. The molecule has 0 bridgehead atoms. The van der Waals surface area contributed by atoms with Gasteiger partial charge in [0.15, 0.2) is 0 Å². The molecule has 3 atom stereocenters. The minimum absolute atomic E-state index is 0.117. The number of hydrogen-bond acceptors (Lipinski definition) is 6. The van der Waals surface area contributed by atoms with Gasteiger partial charge in [0, 0.05) is 36.6 Å². The number of aliphatic hydroxyl groups excluding tert-OH is 1. The molecule has 0 unspecified atom stereocenters. The summed E-state index contributed by atoms with van der Waals surface area (Å²) in [7, 11) is 3.45. The predicted octanol–water partition coefficient (Wildman–Crippen LogP) is 2.06. The van der Waals surface area contributed by atoms with Gasteiger partial charge in [-0.15, -0.1) is 0 Å². The largest absolute Gasteiger partial charge is 0.394 e. The zero-order valence-electron chi connectivity index (χ0n) is 25.3. The second kappa shape index (κ2) is 16.2. The van der Waals surface area contributed by atoms with Crippen LogP contribution >= 0.6 is 0 Å². The van der Waals surface area contributed by atoms with Crippen molar-refractivity contribution in [1.82, 2.24) is 31.2 Å². The van der Waals surface area contributed by atoms with Crippen molar-refractivity contribution in [3.63, 3.8) is 0 Å². The molecule has 1 aliphatic rings. The molecule has 43 heavy (non-hydrogen) atoms. The first-order valence-corrected chi connectivity index (χ1v) is 15.4. The van der Waals surface area contributed by atoms with Gasteiger partial charge in [-0.2, -0.15) is 0 Å². The molecule has 232 valence electrons. The van der Waals surface area contributed by atoms with E-state index >= 15 is 0 Å². The van der Waals surface area contributed by atoms with E-state index in [1.54, 1.807) is 7.05 Å². The third kappa shape index (κ3) is 8.65. The molecular weight excluding hydrogens is 544 g/mol. The number of rotatable bonds is 15. The van der Waals surface area contributed by atoms with Gasteiger partial charge in [0.1, 0.15) is 18.1 Å². The van der Waals surface area contributed by atoms with Crippen molar-refractivity contribution in [2.45, 2.75) is 62.6 Å². The summed E-state index contributed by atoms with van der Waals surface area (Å²) in [6.07, 6.45) is 5.90. The van der Waals surface area contributed by atoms with Crippen molar-refractivity contribution in [1.29, 1.82) is 0 Å². The number of benzene rings is 2. The number of amides is 3. The van der Waals surface area contributed by atoms with Gasteiger partial charge in [0.2, 0.25) is 17.7 Å². The Bertz CT molecular complexity index is 1320. The average Bonchev–Trinajstić information content (AvgIpc) is 3.45. The molecule has 4 rings (SSSR count). The first kappa shape index (κ1) is 32.2. The zero-order valence-corrected chi connectivity index (χ0v) is 25.3. The highest BCUT2D eigenvalue weighted by Crippen LogP contribution is 2.28. The molecule has 1 saturated heterocycles. The van der Waals surface area contributed by atoms with Gasteiger partial charge < -0.3 is 36.3 Å². The monoisotopic (exact) mass is 590 g/mol. The van der Waals surface area contributed by atoms with Crippen LogP contribution in [-0.2, 0) is 20.8 Å². The zero-order chi connectivity index (χ0) is 30.6. The molecule has 0 saturated carbocycles. The number of aromatic amines is 1. The first-order valence-electron chi connectivity index (χ1n) is 15.4. The summed E-state index contributed by atoms with van der Waals surface area (Å²) in [6.45, 7) is 1.63. The van der Waals surface area contributed by atoms with Gasteiger partial charge in [-0.3, -0.25) is 14.4 Å². The summed E-state index contributed by atoms with van der Waals surface area (Å²) in [6, 6.07) is 15.8. The maximum absolute atomic E-state index is 14.0. The number of para-hydroxylation sites is 1.